The average molecular weight is 315 g/mol. The van der Waals surface area contributed by atoms with E-state index in [1.165, 1.54) is 4.90 Å². The van der Waals surface area contributed by atoms with Gasteiger partial charge in [0.25, 0.3) is 0 Å². The van der Waals surface area contributed by atoms with Crippen molar-refractivity contribution in [1.29, 1.82) is 0 Å². The molecule has 21 heavy (non-hydrogen) atoms. The Morgan fingerprint density at radius 3 is 2.67 bits per heavy atom. The SMILES string of the molecule is C[C@@]1(C(=O)O)CN(C(=O)OCc2ccccc2)CCN1.Cl. The molecule has 0 saturated carbocycles. The second kappa shape index (κ2) is 7.28. The smallest absolute Gasteiger partial charge is 0.410 e. The number of aliphatic carboxylic acids is 1. The van der Waals surface area contributed by atoms with Gasteiger partial charge in [0, 0.05) is 13.1 Å². The van der Waals surface area contributed by atoms with Gasteiger partial charge in [-0.1, -0.05) is 30.3 Å². The molecule has 1 aliphatic rings. The third kappa shape index (κ3) is 4.34. The van der Waals surface area contributed by atoms with Crippen molar-refractivity contribution in [3.8, 4) is 0 Å². The molecule has 1 aromatic rings. The molecule has 1 heterocycles. The summed E-state index contributed by atoms with van der Waals surface area (Å²) in [6.45, 7) is 2.72. The number of hydrogen-bond donors (Lipinski definition) is 2. The Labute approximate surface area is 129 Å². The minimum Gasteiger partial charge on any atom is -0.480 e. The maximum atomic E-state index is 12.0. The third-order valence-corrected chi connectivity index (χ3v) is 3.34. The van der Waals surface area contributed by atoms with Gasteiger partial charge in [-0.3, -0.25) is 10.1 Å². The van der Waals surface area contributed by atoms with Crippen LogP contribution >= 0.6 is 12.4 Å². The molecule has 0 radical (unpaired) electrons. The van der Waals surface area contributed by atoms with Crippen LogP contribution in [-0.2, 0) is 16.1 Å². The van der Waals surface area contributed by atoms with Crippen LogP contribution in [0.5, 0.6) is 0 Å². The van der Waals surface area contributed by atoms with Crippen LogP contribution < -0.4 is 5.32 Å². The molecule has 0 unspecified atom stereocenters. The van der Waals surface area contributed by atoms with E-state index in [9.17, 15) is 9.59 Å². The van der Waals surface area contributed by atoms with E-state index in [0.29, 0.717) is 13.1 Å². The number of piperazine rings is 1. The number of benzene rings is 1. The van der Waals surface area contributed by atoms with E-state index in [4.69, 9.17) is 9.84 Å². The lowest BCUT2D eigenvalue weighted by atomic mass is 10.00. The maximum absolute atomic E-state index is 12.0. The van der Waals surface area contributed by atoms with Gasteiger partial charge in [-0.2, -0.15) is 0 Å². The minimum atomic E-state index is -1.12. The van der Waals surface area contributed by atoms with Crippen molar-refractivity contribution in [2.75, 3.05) is 19.6 Å². The number of carbonyl (C=O) groups excluding carboxylic acids is 1. The van der Waals surface area contributed by atoms with Crippen molar-refractivity contribution in [3.63, 3.8) is 0 Å². The van der Waals surface area contributed by atoms with Crippen LogP contribution in [0.2, 0.25) is 0 Å². The summed E-state index contributed by atoms with van der Waals surface area (Å²) in [6, 6.07) is 9.36. The van der Waals surface area contributed by atoms with Gasteiger partial charge in [0.1, 0.15) is 12.1 Å². The number of carboxylic acid groups (broad SMARTS) is 1. The Morgan fingerprint density at radius 1 is 1.38 bits per heavy atom. The van der Waals surface area contributed by atoms with Crippen LogP contribution in [0.25, 0.3) is 0 Å². The predicted molar refractivity (Wildman–Crippen MR) is 79.5 cm³/mol. The first kappa shape index (κ1) is 17.3. The first-order valence-corrected chi connectivity index (χ1v) is 6.45. The fraction of sp³-hybridized carbons (Fsp3) is 0.429. The quantitative estimate of drug-likeness (QED) is 0.884. The molecule has 0 spiro atoms. The molecule has 1 fully saturated rings. The van der Waals surface area contributed by atoms with Crippen molar-refractivity contribution in [2.24, 2.45) is 0 Å². The third-order valence-electron chi connectivity index (χ3n) is 3.34. The van der Waals surface area contributed by atoms with Gasteiger partial charge in [-0.05, 0) is 12.5 Å². The fourth-order valence-electron chi connectivity index (χ4n) is 2.09. The summed E-state index contributed by atoms with van der Waals surface area (Å²) in [5.41, 5.74) is -0.221. The lowest BCUT2D eigenvalue weighted by Gasteiger charge is -2.37. The molecule has 1 aromatic carbocycles. The molecular formula is C14H19ClN2O4. The average Bonchev–Trinajstić information content (AvgIpc) is 2.46. The van der Waals surface area contributed by atoms with Crippen LogP contribution in [0.15, 0.2) is 30.3 Å². The highest BCUT2D eigenvalue weighted by Gasteiger charge is 2.39. The summed E-state index contributed by atoms with van der Waals surface area (Å²) < 4.78 is 5.21. The van der Waals surface area contributed by atoms with Gasteiger partial charge < -0.3 is 14.7 Å². The number of carboxylic acids is 1. The Kier molecular flexibility index (Phi) is 5.99. The van der Waals surface area contributed by atoms with Gasteiger partial charge in [0.15, 0.2) is 0 Å². The summed E-state index contributed by atoms with van der Waals surface area (Å²) in [7, 11) is 0. The van der Waals surface area contributed by atoms with Gasteiger partial charge in [0.2, 0.25) is 0 Å². The molecule has 0 bridgehead atoms. The second-order valence-corrected chi connectivity index (χ2v) is 5.03. The monoisotopic (exact) mass is 314 g/mol. The zero-order valence-corrected chi connectivity index (χ0v) is 12.6. The number of hydrogen-bond acceptors (Lipinski definition) is 4. The van der Waals surface area contributed by atoms with Crippen LogP contribution in [-0.4, -0.2) is 47.2 Å². The van der Waals surface area contributed by atoms with Crippen LogP contribution in [0.4, 0.5) is 4.79 Å². The van der Waals surface area contributed by atoms with Gasteiger partial charge >= 0.3 is 12.1 Å². The van der Waals surface area contributed by atoms with E-state index in [1.54, 1.807) is 6.92 Å². The number of nitrogens with zero attached hydrogens (tertiary/aromatic N) is 1. The Bertz CT molecular complexity index is 497. The summed E-state index contributed by atoms with van der Waals surface area (Å²) in [5.74, 6) is -0.974. The predicted octanol–water partition coefficient (Wildman–Crippen LogP) is 1.49. The summed E-state index contributed by atoms with van der Waals surface area (Å²) in [6.07, 6.45) is -0.483. The molecular weight excluding hydrogens is 296 g/mol. The molecule has 116 valence electrons. The van der Waals surface area contributed by atoms with Crippen LogP contribution in [0.3, 0.4) is 0 Å². The van der Waals surface area contributed by atoms with E-state index >= 15 is 0 Å². The molecule has 0 aromatic heterocycles. The Balaban J connectivity index is 0.00000220. The molecule has 7 heteroatoms. The minimum absolute atomic E-state index is 0. The number of ether oxygens (including phenoxy) is 1. The summed E-state index contributed by atoms with van der Waals surface area (Å²) >= 11 is 0. The number of nitrogens with one attached hydrogen (secondary N) is 1. The molecule has 1 aliphatic heterocycles. The lowest BCUT2D eigenvalue weighted by molar-refractivity contribution is -0.145. The highest BCUT2D eigenvalue weighted by Crippen LogP contribution is 2.13. The first-order valence-electron chi connectivity index (χ1n) is 6.45. The van der Waals surface area contributed by atoms with E-state index in [-0.39, 0.29) is 25.6 Å². The van der Waals surface area contributed by atoms with Crippen molar-refractivity contribution in [2.45, 2.75) is 19.1 Å². The molecule has 2 rings (SSSR count). The summed E-state index contributed by atoms with van der Waals surface area (Å²) in [5, 5.41) is 12.1. The van der Waals surface area contributed by atoms with Crippen molar-refractivity contribution in [1.82, 2.24) is 10.2 Å². The van der Waals surface area contributed by atoms with Crippen molar-refractivity contribution >= 4 is 24.5 Å². The number of rotatable bonds is 3. The number of halogens is 1. The molecule has 0 aliphatic carbocycles. The van der Waals surface area contributed by atoms with E-state index < -0.39 is 17.6 Å². The van der Waals surface area contributed by atoms with E-state index in [1.807, 2.05) is 30.3 Å². The van der Waals surface area contributed by atoms with Crippen LogP contribution in [0.1, 0.15) is 12.5 Å². The second-order valence-electron chi connectivity index (χ2n) is 5.03. The van der Waals surface area contributed by atoms with Crippen molar-refractivity contribution < 1.29 is 19.4 Å². The molecule has 1 amide bonds. The number of amides is 1. The molecule has 6 nitrogen and oxygen atoms in total. The van der Waals surface area contributed by atoms with E-state index in [2.05, 4.69) is 5.32 Å². The largest absolute Gasteiger partial charge is 0.480 e. The highest BCUT2D eigenvalue weighted by molar-refractivity contribution is 5.85. The van der Waals surface area contributed by atoms with Gasteiger partial charge in [-0.25, -0.2) is 4.79 Å². The van der Waals surface area contributed by atoms with Crippen LogP contribution in [0, 0.1) is 0 Å². The topological polar surface area (TPSA) is 78.9 Å². The Morgan fingerprint density at radius 2 is 2.05 bits per heavy atom. The van der Waals surface area contributed by atoms with Crippen molar-refractivity contribution in [3.05, 3.63) is 35.9 Å². The number of carbonyl (C=O) groups is 2. The first-order chi connectivity index (χ1) is 9.51. The highest BCUT2D eigenvalue weighted by atomic mass is 35.5. The van der Waals surface area contributed by atoms with Gasteiger partial charge in [-0.15, -0.1) is 12.4 Å². The zero-order chi connectivity index (χ0) is 14.6. The zero-order valence-electron chi connectivity index (χ0n) is 11.7. The Hall–Kier alpha value is -1.79. The van der Waals surface area contributed by atoms with Gasteiger partial charge in [0.05, 0.1) is 6.54 Å². The molecule has 2 N–H and O–H groups in total. The maximum Gasteiger partial charge on any atom is 0.410 e. The molecule has 1 atom stereocenters. The molecule has 1 saturated heterocycles. The summed E-state index contributed by atoms with van der Waals surface area (Å²) in [4.78, 5) is 24.6. The van der Waals surface area contributed by atoms with E-state index in [0.717, 1.165) is 5.56 Å². The lowest BCUT2D eigenvalue weighted by Crippen LogP contribution is -2.63. The fourth-order valence-corrected chi connectivity index (χ4v) is 2.09. The normalized spacial score (nSPS) is 21.3. The standard InChI is InChI=1S/C14H18N2O4.ClH/c1-14(12(17)18)10-16(8-7-15-14)13(19)20-9-11-5-3-2-4-6-11;/h2-6,15H,7-10H2,1H3,(H,17,18);1H/t14-;/m0./s1.